The molecule has 1 saturated heterocycles. The number of benzene rings is 1. The first-order chi connectivity index (χ1) is 9.65. The molecular weight excluding hydrogens is 261 g/mol. The normalized spacial score (nSPS) is 16.7. The SMILES string of the molecule is Cn1c(=O)c(CN2CCOCC2)nc2cc(F)ccc21. The van der Waals surface area contributed by atoms with Crippen LogP contribution >= 0.6 is 0 Å². The molecule has 1 aliphatic rings. The minimum atomic E-state index is -0.346. The van der Waals surface area contributed by atoms with Crippen molar-refractivity contribution in [3.8, 4) is 0 Å². The minimum absolute atomic E-state index is 0.129. The summed E-state index contributed by atoms with van der Waals surface area (Å²) in [6.45, 7) is 3.38. The first-order valence-corrected chi connectivity index (χ1v) is 6.60. The highest BCUT2D eigenvalue weighted by atomic mass is 19.1. The number of nitrogens with zero attached hydrogens (tertiary/aromatic N) is 3. The van der Waals surface area contributed by atoms with Crippen LogP contribution in [0, 0.1) is 5.82 Å². The molecule has 0 saturated carbocycles. The average molecular weight is 277 g/mol. The van der Waals surface area contributed by atoms with E-state index in [2.05, 4.69) is 9.88 Å². The van der Waals surface area contributed by atoms with Gasteiger partial charge in [-0.15, -0.1) is 0 Å². The quantitative estimate of drug-likeness (QED) is 0.818. The number of morpholine rings is 1. The van der Waals surface area contributed by atoms with Gasteiger partial charge in [-0.3, -0.25) is 9.69 Å². The van der Waals surface area contributed by atoms with Crippen molar-refractivity contribution in [3.05, 3.63) is 40.1 Å². The van der Waals surface area contributed by atoms with Crippen molar-refractivity contribution in [1.29, 1.82) is 0 Å². The first-order valence-electron chi connectivity index (χ1n) is 6.60. The van der Waals surface area contributed by atoms with Gasteiger partial charge in [0.15, 0.2) is 0 Å². The Balaban J connectivity index is 2.01. The van der Waals surface area contributed by atoms with Crippen LogP contribution in [0.3, 0.4) is 0 Å². The van der Waals surface area contributed by atoms with Crippen LogP contribution in [0.25, 0.3) is 11.0 Å². The van der Waals surface area contributed by atoms with Crippen molar-refractivity contribution in [2.24, 2.45) is 7.05 Å². The summed E-state index contributed by atoms with van der Waals surface area (Å²) < 4.78 is 20.1. The number of fused-ring (bicyclic) bond motifs is 1. The lowest BCUT2D eigenvalue weighted by atomic mass is 10.2. The number of aryl methyl sites for hydroxylation is 1. The van der Waals surface area contributed by atoms with E-state index in [9.17, 15) is 9.18 Å². The minimum Gasteiger partial charge on any atom is -0.379 e. The summed E-state index contributed by atoms with van der Waals surface area (Å²) in [5.74, 6) is -0.346. The lowest BCUT2D eigenvalue weighted by molar-refractivity contribution is 0.0334. The Morgan fingerprint density at radius 2 is 2.10 bits per heavy atom. The van der Waals surface area contributed by atoms with Gasteiger partial charge in [-0.1, -0.05) is 0 Å². The molecule has 2 heterocycles. The zero-order valence-electron chi connectivity index (χ0n) is 11.3. The van der Waals surface area contributed by atoms with Gasteiger partial charge in [0.1, 0.15) is 11.5 Å². The molecule has 0 N–H and O–H groups in total. The maximum Gasteiger partial charge on any atom is 0.273 e. The van der Waals surface area contributed by atoms with Crippen molar-refractivity contribution in [3.63, 3.8) is 0 Å². The fraction of sp³-hybridized carbons (Fsp3) is 0.429. The van der Waals surface area contributed by atoms with E-state index in [0.29, 0.717) is 36.5 Å². The molecule has 2 aromatic rings. The summed E-state index contributed by atoms with van der Waals surface area (Å²) in [4.78, 5) is 18.7. The highest BCUT2D eigenvalue weighted by molar-refractivity contribution is 5.74. The third kappa shape index (κ3) is 2.44. The van der Waals surface area contributed by atoms with Crippen molar-refractivity contribution < 1.29 is 9.13 Å². The van der Waals surface area contributed by atoms with E-state index in [0.717, 1.165) is 13.1 Å². The monoisotopic (exact) mass is 277 g/mol. The van der Waals surface area contributed by atoms with Crippen molar-refractivity contribution in [1.82, 2.24) is 14.5 Å². The van der Waals surface area contributed by atoms with Gasteiger partial charge in [0.2, 0.25) is 0 Å². The van der Waals surface area contributed by atoms with E-state index in [4.69, 9.17) is 4.74 Å². The molecule has 1 aromatic heterocycles. The third-order valence-corrected chi connectivity index (χ3v) is 3.58. The largest absolute Gasteiger partial charge is 0.379 e. The van der Waals surface area contributed by atoms with Crippen LogP contribution in [0.1, 0.15) is 5.69 Å². The smallest absolute Gasteiger partial charge is 0.273 e. The fourth-order valence-corrected chi connectivity index (χ4v) is 2.44. The van der Waals surface area contributed by atoms with Crippen molar-refractivity contribution in [2.45, 2.75) is 6.54 Å². The predicted molar refractivity (Wildman–Crippen MR) is 73.0 cm³/mol. The zero-order valence-corrected chi connectivity index (χ0v) is 11.3. The Hall–Kier alpha value is -1.79. The van der Waals surface area contributed by atoms with E-state index in [1.807, 2.05) is 0 Å². The predicted octanol–water partition coefficient (Wildman–Crippen LogP) is 0.905. The van der Waals surface area contributed by atoms with Gasteiger partial charge in [0.25, 0.3) is 5.56 Å². The molecule has 0 radical (unpaired) electrons. The van der Waals surface area contributed by atoms with Gasteiger partial charge in [0.05, 0.1) is 24.2 Å². The number of halogens is 1. The molecule has 106 valence electrons. The van der Waals surface area contributed by atoms with Gasteiger partial charge in [-0.25, -0.2) is 9.37 Å². The second-order valence-electron chi connectivity index (χ2n) is 4.94. The van der Waals surface area contributed by atoms with Crippen LogP contribution in [0.5, 0.6) is 0 Å². The average Bonchev–Trinajstić information content (AvgIpc) is 2.45. The lowest BCUT2D eigenvalue weighted by Gasteiger charge is -2.26. The van der Waals surface area contributed by atoms with Crippen LogP contribution in [0.2, 0.25) is 0 Å². The molecule has 20 heavy (non-hydrogen) atoms. The van der Waals surface area contributed by atoms with Crippen LogP contribution < -0.4 is 5.56 Å². The first kappa shape index (κ1) is 13.2. The molecule has 3 rings (SSSR count). The molecule has 0 spiro atoms. The Morgan fingerprint density at radius 3 is 2.85 bits per heavy atom. The van der Waals surface area contributed by atoms with Crippen LogP contribution in [-0.2, 0) is 18.3 Å². The van der Waals surface area contributed by atoms with E-state index in [-0.39, 0.29) is 11.4 Å². The van der Waals surface area contributed by atoms with Crippen molar-refractivity contribution in [2.75, 3.05) is 26.3 Å². The van der Waals surface area contributed by atoms with E-state index in [1.165, 1.54) is 16.7 Å². The number of ether oxygens (including phenoxy) is 1. The standard InChI is InChI=1S/C14H16FN3O2/c1-17-13-3-2-10(15)8-11(13)16-12(14(17)19)9-18-4-6-20-7-5-18/h2-3,8H,4-7,9H2,1H3. The second kappa shape index (κ2) is 5.30. The molecule has 0 atom stereocenters. The topological polar surface area (TPSA) is 47.4 Å². The second-order valence-corrected chi connectivity index (χ2v) is 4.94. The zero-order chi connectivity index (χ0) is 14.1. The Morgan fingerprint density at radius 1 is 1.35 bits per heavy atom. The van der Waals surface area contributed by atoms with E-state index >= 15 is 0 Å². The molecule has 1 fully saturated rings. The van der Waals surface area contributed by atoms with Crippen LogP contribution in [0.4, 0.5) is 4.39 Å². The van der Waals surface area contributed by atoms with Gasteiger partial charge >= 0.3 is 0 Å². The Bertz CT molecular complexity index is 693. The molecule has 0 amide bonds. The van der Waals surface area contributed by atoms with Gasteiger partial charge in [0, 0.05) is 32.7 Å². The number of hydrogen-bond acceptors (Lipinski definition) is 4. The van der Waals surface area contributed by atoms with E-state index in [1.54, 1.807) is 13.1 Å². The summed E-state index contributed by atoms with van der Waals surface area (Å²) in [5.41, 5.74) is 1.47. The Labute approximate surface area is 115 Å². The molecule has 6 heteroatoms. The summed E-state index contributed by atoms with van der Waals surface area (Å²) in [7, 11) is 1.69. The summed E-state index contributed by atoms with van der Waals surface area (Å²) in [6.07, 6.45) is 0. The summed E-state index contributed by atoms with van der Waals surface area (Å²) >= 11 is 0. The molecule has 0 unspecified atom stereocenters. The van der Waals surface area contributed by atoms with E-state index < -0.39 is 0 Å². The molecule has 1 aromatic carbocycles. The lowest BCUT2D eigenvalue weighted by Crippen LogP contribution is -2.38. The molecule has 5 nitrogen and oxygen atoms in total. The summed E-state index contributed by atoms with van der Waals surface area (Å²) in [6, 6.07) is 4.28. The molecule has 0 aliphatic carbocycles. The highest BCUT2D eigenvalue weighted by Crippen LogP contribution is 2.12. The summed E-state index contributed by atoms with van der Waals surface area (Å²) in [5, 5.41) is 0. The highest BCUT2D eigenvalue weighted by Gasteiger charge is 2.15. The van der Waals surface area contributed by atoms with Crippen LogP contribution in [0.15, 0.2) is 23.0 Å². The Kier molecular flexibility index (Phi) is 3.50. The maximum atomic E-state index is 13.3. The van der Waals surface area contributed by atoms with Gasteiger partial charge in [-0.05, 0) is 12.1 Å². The maximum absolute atomic E-state index is 13.3. The molecule has 0 bridgehead atoms. The van der Waals surface area contributed by atoms with Gasteiger partial charge < -0.3 is 9.30 Å². The van der Waals surface area contributed by atoms with Gasteiger partial charge in [-0.2, -0.15) is 0 Å². The third-order valence-electron chi connectivity index (χ3n) is 3.58. The fourth-order valence-electron chi connectivity index (χ4n) is 2.44. The molecule has 1 aliphatic heterocycles. The number of aromatic nitrogens is 2. The van der Waals surface area contributed by atoms with Crippen molar-refractivity contribution >= 4 is 11.0 Å². The van der Waals surface area contributed by atoms with Crippen LogP contribution in [-0.4, -0.2) is 40.8 Å². The number of rotatable bonds is 2. The number of hydrogen-bond donors (Lipinski definition) is 0. The molecular formula is C14H16FN3O2.